The molecule has 0 bridgehead atoms. The Morgan fingerprint density at radius 3 is 2.47 bits per heavy atom. The van der Waals surface area contributed by atoms with Crippen molar-refractivity contribution in [2.75, 3.05) is 17.1 Å². The molecule has 5 aromatic rings. The highest BCUT2D eigenvalue weighted by Gasteiger charge is 2.28. The van der Waals surface area contributed by atoms with Crippen LogP contribution in [0.25, 0.3) is 28.3 Å². The van der Waals surface area contributed by atoms with Crippen LogP contribution >= 0.6 is 0 Å². The Kier molecular flexibility index (Phi) is 6.23. The van der Waals surface area contributed by atoms with Crippen LogP contribution in [0.15, 0.2) is 65.8 Å². The Labute approximate surface area is 214 Å². The molecule has 194 valence electrons. The van der Waals surface area contributed by atoms with Crippen LogP contribution in [0.4, 0.5) is 29.2 Å². The molecule has 3 heterocycles. The SMILES string of the molecule is CNc1nccc(-c2c(-c3cccc(NS(=O)(=O)c4c(F)ccc(C)c4F)c3F)nc3ccc(F)cn23)n1. The number of sulfonamides is 1. The van der Waals surface area contributed by atoms with Crippen molar-refractivity contribution in [2.45, 2.75) is 11.8 Å². The van der Waals surface area contributed by atoms with E-state index in [9.17, 15) is 21.6 Å². The maximum atomic E-state index is 15.9. The van der Waals surface area contributed by atoms with Crippen LogP contribution in [0, 0.1) is 30.2 Å². The second-order valence-corrected chi connectivity index (χ2v) is 9.80. The van der Waals surface area contributed by atoms with Crippen LogP contribution < -0.4 is 10.0 Å². The number of fused-ring (bicyclic) bond motifs is 1. The molecule has 0 unspecified atom stereocenters. The van der Waals surface area contributed by atoms with Gasteiger partial charge in [0, 0.05) is 25.0 Å². The van der Waals surface area contributed by atoms with Crippen LogP contribution in [0.2, 0.25) is 0 Å². The molecule has 0 amide bonds. The summed E-state index contributed by atoms with van der Waals surface area (Å²) >= 11 is 0. The lowest BCUT2D eigenvalue weighted by molar-refractivity contribution is 0.516. The highest BCUT2D eigenvalue weighted by molar-refractivity contribution is 7.92. The minimum absolute atomic E-state index is 0.0165. The van der Waals surface area contributed by atoms with Crippen molar-refractivity contribution in [3.63, 3.8) is 0 Å². The Morgan fingerprint density at radius 2 is 1.71 bits per heavy atom. The van der Waals surface area contributed by atoms with Crippen molar-refractivity contribution in [1.29, 1.82) is 0 Å². The van der Waals surface area contributed by atoms with Crippen molar-refractivity contribution in [1.82, 2.24) is 19.4 Å². The standard InChI is InChI=1S/C25H18F4N6O2S/c1-13-6-8-16(27)24(20(13)28)38(36,37)34-17-5-3-4-15(21(17)29)22-23(18-10-11-31-25(30-2)32-18)35-12-14(26)7-9-19(35)33-22/h3-12,34H,1-2H3,(H,30,31,32). The predicted octanol–water partition coefficient (Wildman–Crippen LogP) is 5.17. The van der Waals surface area contributed by atoms with Crippen molar-refractivity contribution in [3.8, 4) is 22.6 Å². The molecule has 8 nitrogen and oxygen atoms in total. The number of hydrogen-bond acceptors (Lipinski definition) is 6. The Balaban J connectivity index is 1.69. The van der Waals surface area contributed by atoms with E-state index in [-0.39, 0.29) is 39.8 Å². The van der Waals surface area contributed by atoms with Gasteiger partial charge in [0.2, 0.25) is 5.95 Å². The van der Waals surface area contributed by atoms with Gasteiger partial charge in [0.1, 0.15) is 28.8 Å². The van der Waals surface area contributed by atoms with Gasteiger partial charge in [-0.25, -0.2) is 40.9 Å². The summed E-state index contributed by atoms with van der Waals surface area (Å²) in [5, 5.41) is 2.78. The molecule has 0 aliphatic carbocycles. The van der Waals surface area contributed by atoms with Crippen molar-refractivity contribution in [2.24, 2.45) is 0 Å². The largest absolute Gasteiger partial charge is 0.357 e. The average Bonchev–Trinajstić information content (AvgIpc) is 3.25. The van der Waals surface area contributed by atoms with Gasteiger partial charge in [-0.05, 0) is 48.9 Å². The van der Waals surface area contributed by atoms with Gasteiger partial charge in [0.25, 0.3) is 10.0 Å². The summed E-state index contributed by atoms with van der Waals surface area (Å²) in [6, 6.07) is 9.76. The molecule has 2 aromatic carbocycles. The average molecular weight is 543 g/mol. The summed E-state index contributed by atoms with van der Waals surface area (Å²) in [6.07, 6.45) is 2.60. The van der Waals surface area contributed by atoms with E-state index in [2.05, 4.69) is 20.3 Å². The minimum atomic E-state index is -4.86. The molecular formula is C25H18F4N6O2S. The number of imidazole rings is 1. The second-order valence-electron chi connectivity index (χ2n) is 8.18. The number of rotatable bonds is 6. The molecule has 2 N–H and O–H groups in total. The normalized spacial score (nSPS) is 11.6. The highest BCUT2D eigenvalue weighted by Crippen LogP contribution is 2.36. The van der Waals surface area contributed by atoms with Gasteiger partial charge in [-0.3, -0.25) is 9.12 Å². The molecule has 0 aliphatic rings. The number of pyridine rings is 1. The van der Waals surface area contributed by atoms with E-state index in [1.54, 1.807) is 7.05 Å². The van der Waals surface area contributed by atoms with E-state index in [0.717, 1.165) is 24.4 Å². The van der Waals surface area contributed by atoms with Crippen LogP contribution in [-0.2, 0) is 10.0 Å². The summed E-state index contributed by atoms with van der Waals surface area (Å²) in [6.45, 7) is 1.27. The number of aromatic nitrogens is 4. The molecule has 5 rings (SSSR count). The maximum absolute atomic E-state index is 15.9. The fourth-order valence-electron chi connectivity index (χ4n) is 3.93. The van der Waals surface area contributed by atoms with E-state index in [4.69, 9.17) is 0 Å². The van der Waals surface area contributed by atoms with Crippen molar-refractivity contribution in [3.05, 3.63) is 89.8 Å². The lowest BCUT2D eigenvalue weighted by Crippen LogP contribution is -2.18. The van der Waals surface area contributed by atoms with Gasteiger partial charge in [-0.1, -0.05) is 12.1 Å². The maximum Gasteiger partial charge on any atom is 0.267 e. The van der Waals surface area contributed by atoms with Gasteiger partial charge in [-0.15, -0.1) is 0 Å². The fourth-order valence-corrected chi connectivity index (χ4v) is 5.20. The van der Waals surface area contributed by atoms with E-state index in [1.165, 1.54) is 47.9 Å². The van der Waals surface area contributed by atoms with Crippen LogP contribution in [-0.4, -0.2) is 34.8 Å². The number of halogens is 4. The van der Waals surface area contributed by atoms with Crippen molar-refractivity contribution >= 4 is 27.3 Å². The van der Waals surface area contributed by atoms with Gasteiger partial charge >= 0.3 is 0 Å². The van der Waals surface area contributed by atoms with Crippen LogP contribution in [0.5, 0.6) is 0 Å². The third-order valence-electron chi connectivity index (χ3n) is 5.71. The number of aryl methyl sites for hydroxylation is 1. The topological polar surface area (TPSA) is 101 Å². The Bertz CT molecular complexity index is 1820. The molecule has 0 radical (unpaired) electrons. The molecule has 0 spiro atoms. The summed E-state index contributed by atoms with van der Waals surface area (Å²) < 4.78 is 88.0. The molecule has 0 aliphatic heterocycles. The summed E-state index contributed by atoms with van der Waals surface area (Å²) in [5.74, 6) is -4.04. The van der Waals surface area contributed by atoms with Crippen LogP contribution in [0.1, 0.15) is 5.56 Å². The number of anilines is 2. The first kappa shape index (κ1) is 25.1. The number of hydrogen-bond donors (Lipinski definition) is 2. The zero-order valence-electron chi connectivity index (χ0n) is 19.8. The zero-order valence-corrected chi connectivity index (χ0v) is 20.6. The van der Waals surface area contributed by atoms with Gasteiger partial charge in [0.15, 0.2) is 10.7 Å². The monoisotopic (exact) mass is 542 g/mol. The first-order chi connectivity index (χ1) is 18.1. The molecule has 0 saturated carbocycles. The summed E-state index contributed by atoms with van der Waals surface area (Å²) in [5.41, 5.74) is -0.0963. The van der Waals surface area contributed by atoms with Gasteiger partial charge < -0.3 is 5.32 Å². The second kappa shape index (κ2) is 9.41. The van der Waals surface area contributed by atoms with Gasteiger partial charge in [-0.2, -0.15) is 0 Å². The summed E-state index contributed by atoms with van der Waals surface area (Å²) in [7, 11) is -3.26. The predicted molar refractivity (Wildman–Crippen MR) is 133 cm³/mol. The molecule has 0 fully saturated rings. The smallest absolute Gasteiger partial charge is 0.267 e. The summed E-state index contributed by atoms with van der Waals surface area (Å²) in [4.78, 5) is 11.6. The van der Waals surface area contributed by atoms with E-state index >= 15 is 4.39 Å². The van der Waals surface area contributed by atoms with Crippen molar-refractivity contribution < 1.29 is 26.0 Å². The molecular weight excluding hydrogens is 524 g/mol. The third-order valence-corrected chi connectivity index (χ3v) is 7.11. The Hall–Kier alpha value is -4.52. The molecule has 0 atom stereocenters. The number of nitrogens with one attached hydrogen (secondary N) is 2. The van der Waals surface area contributed by atoms with E-state index < -0.39 is 43.9 Å². The first-order valence-electron chi connectivity index (χ1n) is 11.1. The van der Waals surface area contributed by atoms with Crippen LogP contribution in [0.3, 0.4) is 0 Å². The molecule has 38 heavy (non-hydrogen) atoms. The number of nitrogens with zero attached hydrogens (tertiary/aromatic N) is 4. The minimum Gasteiger partial charge on any atom is -0.357 e. The number of benzene rings is 2. The lowest BCUT2D eigenvalue weighted by atomic mass is 10.1. The molecule has 0 saturated heterocycles. The third kappa shape index (κ3) is 4.30. The molecule has 13 heteroatoms. The lowest BCUT2D eigenvalue weighted by Gasteiger charge is -2.13. The van der Waals surface area contributed by atoms with E-state index in [1.807, 2.05) is 4.72 Å². The molecule has 3 aromatic heterocycles. The first-order valence-corrected chi connectivity index (χ1v) is 12.5. The highest BCUT2D eigenvalue weighted by atomic mass is 32.2. The van der Waals surface area contributed by atoms with E-state index in [0.29, 0.717) is 0 Å². The Morgan fingerprint density at radius 1 is 0.921 bits per heavy atom. The van der Waals surface area contributed by atoms with Gasteiger partial charge in [0.05, 0.1) is 17.1 Å². The fraction of sp³-hybridized carbons (Fsp3) is 0.0800. The zero-order chi connectivity index (χ0) is 27.2. The quantitative estimate of drug-likeness (QED) is 0.287.